The largest absolute Gasteiger partial charge is 0.379 e. The minimum atomic E-state index is -0.603. The second-order valence-corrected chi connectivity index (χ2v) is 6.45. The Balaban J connectivity index is 2.06. The first-order chi connectivity index (χ1) is 10.8. The van der Waals surface area contributed by atoms with Gasteiger partial charge in [0, 0.05) is 36.3 Å². The summed E-state index contributed by atoms with van der Waals surface area (Å²) in [6.45, 7) is 7.35. The highest BCUT2D eigenvalue weighted by molar-refractivity contribution is 6.31. The molecule has 0 spiro atoms. The van der Waals surface area contributed by atoms with E-state index >= 15 is 0 Å². The van der Waals surface area contributed by atoms with Crippen molar-refractivity contribution in [3.05, 3.63) is 38.9 Å². The van der Waals surface area contributed by atoms with Crippen molar-refractivity contribution in [1.29, 1.82) is 0 Å². The van der Waals surface area contributed by atoms with Crippen LogP contribution in [0.1, 0.15) is 24.2 Å². The predicted molar refractivity (Wildman–Crippen MR) is 86.9 cm³/mol. The molecule has 1 saturated heterocycles. The molecule has 0 radical (unpaired) electrons. The smallest absolute Gasteiger partial charge is 0.283 e. The Morgan fingerprint density at radius 1 is 1.43 bits per heavy atom. The zero-order valence-electron chi connectivity index (χ0n) is 13.2. The number of amides is 1. The fraction of sp³-hybridized carbons (Fsp3) is 0.533. The third-order valence-corrected chi connectivity index (χ3v) is 4.18. The lowest BCUT2D eigenvalue weighted by Gasteiger charge is -2.40. The van der Waals surface area contributed by atoms with E-state index in [0.717, 1.165) is 13.1 Å². The van der Waals surface area contributed by atoms with Gasteiger partial charge in [-0.05, 0) is 26.0 Å². The van der Waals surface area contributed by atoms with Crippen LogP contribution in [0, 0.1) is 10.1 Å². The van der Waals surface area contributed by atoms with E-state index in [-0.39, 0.29) is 21.8 Å². The van der Waals surface area contributed by atoms with Crippen molar-refractivity contribution in [3.63, 3.8) is 0 Å². The van der Waals surface area contributed by atoms with Crippen molar-refractivity contribution < 1.29 is 14.5 Å². The van der Waals surface area contributed by atoms with Crippen LogP contribution in [0.3, 0.4) is 0 Å². The first kappa shape index (κ1) is 17.7. The molecule has 0 atom stereocenters. The molecular formula is C15H20ClN3O4. The lowest BCUT2D eigenvalue weighted by Crippen LogP contribution is -2.55. The maximum atomic E-state index is 12.3. The zero-order chi connectivity index (χ0) is 17.0. The summed E-state index contributed by atoms with van der Waals surface area (Å²) in [6, 6.07) is 4.03. The summed E-state index contributed by atoms with van der Waals surface area (Å²) in [7, 11) is 0. The van der Waals surface area contributed by atoms with Crippen LogP contribution in [-0.4, -0.2) is 54.1 Å². The molecule has 1 aliphatic rings. The number of benzene rings is 1. The SMILES string of the molecule is CC(C)(CNC(=O)c1ccc(Cl)cc1[N+](=O)[O-])N1CCOCC1. The van der Waals surface area contributed by atoms with Crippen LogP contribution in [0.4, 0.5) is 5.69 Å². The number of nitrogens with one attached hydrogen (secondary N) is 1. The molecule has 0 bridgehead atoms. The maximum absolute atomic E-state index is 12.3. The number of hydrogen-bond acceptors (Lipinski definition) is 5. The van der Waals surface area contributed by atoms with E-state index < -0.39 is 10.8 Å². The number of halogens is 1. The van der Waals surface area contributed by atoms with E-state index in [0.29, 0.717) is 19.8 Å². The van der Waals surface area contributed by atoms with Gasteiger partial charge in [-0.3, -0.25) is 19.8 Å². The van der Waals surface area contributed by atoms with Gasteiger partial charge in [0.15, 0.2) is 0 Å². The van der Waals surface area contributed by atoms with Gasteiger partial charge in [-0.1, -0.05) is 11.6 Å². The van der Waals surface area contributed by atoms with Crippen LogP contribution in [0.15, 0.2) is 18.2 Å². The molecule has 1 aromatic rings. The second-order valence-electron chi connectivity index (χ2n) is 6.01. The molecule has 1 fully saturated rings. The third kappa shape index (κ3) is 4.40. The molecule has 1 heterocycles. The third-order valence-electron chi connectivity index (χ3n) is 3.95. The van der Waals surface area contributed by atoms with Crippen LogP contribution < -0.4 is 5.32 Å². The molecule has 8 heteroatoms. The average molecular weight is 342 g/mol. The van der Waals surface area contributed by atoms with Crippen LogP contribution in [-0.2, 0) is 4.74 Å². The molecule has 23 heavy (non-hydrogen) atoms. The number of nitrogens with zero attached hydrogens (tertiary/aromatic N) is 2. The number of nitro benzene ring substituents is 1. The van der Waals surface area contributed by atoms with E-state index in [1.54, 1.807) is 0 Å². The Morgan fingerprint density at radius 3 is 2.70 bits per heavy atom. The minimum Gasteiger partial charge on any atom is -0.379 e. The number of carbonyl (C=O) groups is 1. The first-order valence-corrected chi connectivity index (χ1v) is 7.74. The van der Waals surface area contributed by atoms with Crippen molar-refractivity contribution in [2.24, 2.45) is 0 Å². The van der Waals surface area contributed by atoms with Gasteiger partial charge in [0.05, 0.1) is 18.1 Å². The summed E-state index contributed by atoms with van der Waals surface area (Å²) in [6.07, 6.45) is 0. The van der Waals surface area contributed by atoms with Gasteiger partial charge in [-0.25, -0.2) is 0 Å². The van der Waals surface area contributed by atoms with E-state index in [1.807, 2.05) is 13.8 Å². The van der Waals surface area contributed by atoms with Crippen LogP contribution in [0.2, 0.25) is 5.02 Å². The Morgan fingerprint density at radius 2 is 2.09 bits per heavy atom. The monoisotopic (exact) mass is 341 g/mol. The predicted octanol–water partition coefficient (Wildman–Crippen LogP) is 2.09. The number of rotatable bonds is 5. The number of morpholine rings is 1. The van der Waals surface area contributed by atoms with Gasteiger partial charge in [0.2, 0.25) is 0 Å². The molecule has 1 N–H and O–H groups in total. The number of carbonyl (C=O) groups excluding carboxylic acids is 1. The number of ether oxygens (including phenoxy) is 1. The summed E-state index contributed by atoms with van der Waals surface area (Å²) in [4.78, 5) is 25.0. The quantitative estimate of drug-likeness (QED) is 0.654. The molecule has 0 aliphatic carbocycles. The van der Waals surface area contributed by atoms with Gasteiger partial charge in [0.25, 0.3) is 11.6 Å². The molecule has 2 rings (SSSR count). The maximum Gasteiger partial charge on any atom is 0.283 e. The van der Waals surface area contributed by atoms with E-state index in [1.165, 1.54) is 18.2 Å². The van der Waals surface area contributed by atoms with Gasteiger partial charge < -0.3 is 10.1 Å². The van der Waals surface area contributed by atoms with Gasteiger partial charge >= 0.3 is 0 Å². The first-order valence-electron chi connectivity index (χ1n) is 7.36. The van der Waals surface area contributed by atoms with E-state index in [2.05, 4.69) is 10.2 Å². The average Bonchev–Trinajstić information content (AvgIpc) is 2.53. The molecule has 7 nitrogen and oxygen atoms in total. The molecule has 1 aromatic carbocycles. The van der Waals surface area contributed by atoms with Gasteiger partial charge in [-0.15, -0.1) is 0 Å². The lowest BCUT2D eigenvalue weighted by atomic mass is 10.0. The summed E-state index contributed by atoms with van der Waals surface area (Å²) in [5, 5.41) is 14.1. The van der Waals surface area contributed by atoms with Crippen LogP contribution in [0.5, 0.6) is 0 Å². The van der Waals surface area contributed by atoms with E-state index in [4.69, 9.17) is 16.3 Å². The van der Waals surface area contributed by atoms with Crippen LogP contribution in [0.25, 0.3) is 0 Å². The van der Waals surface area contributed by atoms with Crippen molar-refractivity contribution in [2.75, 3.05) is 32.8 Å². The summed E-state index contributed by atoms with van der Waals surface area (Å²) >= 11 is 5.76. The molecule has 1 amide bonds. The minimum absolute atomic E-state index is 0.0113. The van der Waals surface area contributed by atoms with Gasteiger partial charge in [-0.2, -0.15) is 0 Å². The summed E-state index contributed by atoms with van der Waals surface area (Å²) < 4.78 is 5.33. The second kappa shape index (κ2) is 7.25. The molecule has 0 aromatic heterocycles. The van der Waals surface area contributed by atoms with Crippen molar-refractivity contribution in [1.82, 2.24) is 10.2 Å². The van der Waals surface area contributed by atoms with E-state index in [9.17, 15) is 14.9 Å². The van der Waals surface area contributed by atoms with Crippen molar-refractivity contribution in [3.8, 4) is 0 Å². The Labute approximate surface area is 139 Å². The Kier molecular flexibility index (Phi) is 5.56. The van der Waals surface area contributed by atoms with Crippen LogP contribution >= 0.6 is 11.6 Å². The normalized spacial score (nSPS) is 16.1. The number of nitro groups is 1. The summed E-state index contributed by atoms with van der Waals surface area (Å²) in [5.41, 5.74) is -0.544. The Bertz CT molecular complexity index is 600. The van der Waals surface area contributed by atoms with Crippen molar-refractivity contribution in [2.45, 2.75) is 19.4 Å². The van der Waals surface area contributed by atoms with Crippen molar-refractivity contribution >= 4 is 23.2 Å². The highest BCUT2D eigenvalue weighted by atomic mass is 35.5. The topological polar surface area (TPSA) is 84.7 Å². The molecule has 0 unspecified atom stereocenters. The fourth-order valence-electron chi connectivity index (χ4n) is 2.52. The lowest BCUT2D eigenvalue weighted by molar-refractivity contribution is -0.385. The molecule has 1 aliphatic heterocycles. The fourth-order valence-corrected chi connectivity index (χ4v) is 2.69. The Hall–Kier alpha value is -1.70. The zero-order valence-corrected chi connectivity index (χ0v) is 13.9. The highest BCUT2D eigenvalue weighted by Gasteiger charge is 2.29. The molecular weight excluding hydrogens is 322 g/mol. The standard InChI is InChI=1S/C15H20ClN3O4/c1-15(2,18-5-7-23-8-6-18)10-17-14(20)12-4-3-11(16)9-13(12)19(21)22/h3-4,9H,5-8,10H2,1-2H3,(H,17,20). The van der Waals surface area contributed by atoms with Gasteiger partial charge in [0.1, 0.15) is 5.56 Å². The number of hydrogen-bond donors (Lipinski definition) is 1. The molecule has 0 saturated carbocycles. The molecule has 126 valence electrons. The highest BCUT2D eigenvalue weighted by Crippen LogP contribution is 2.23. The summed E-state index contributed by atoms with van der Waals surface area (Å²) in [5.74, 6) is -0.477.